The van der Waals surface area contributed by atoms with E-state index in [0.29, 0.717) is 23.3 Å². The lowest BCUT2D eigenvalue weighted by Crippen LogP contribution is -2.13. The van der Waals surface area contributed by atoms with Crippen molar-refractivity contribution in [3.63, 3.8) is 0 Å². The number of esters is 1. The molecule has 0 radical (unpaired) electrons. The maximum absolute atomic E-state index is 12.4. The Balaban J connectivity index is 2.33. The van der Waals surface area contributed by atoms with Crippen molar-refractivity contribution in [1.29, 1.82) is 0 Å². The molecule has 0 aromatic heterocycles. The van der Waals surface area contributed by atoms with E-state index in [4.69, 9.17) is 4.74 Å². The molecule has 0 spiro atoms. The van der Waals surface area contributed by atoms with Crippen LogP contribution in [0.4, 0.5) is 0 Å². The maximum Gasteiger partial charge on any atom is 0.338 e. The molecule has 0 atom stereocenters. The molecule has 0 aliphatic rings. The molecule has 102 valence electrons. The smallest absolute Gasteiger partial charge is 0.338 e. The number of carbonyl (C=O) groups is 2. The Morgan fingerprint density at radius 1 is 0.900 bits per heavy atom. The van der Waals surface area contributed by atoms with E-state index in [0.717, 1.165) is 6.42 Å². The van der Waals surface area contributed by atoms with Gasteiger partial charge in [0.05, 0.1) is 12.2 Å². The highest BCUT2D eigenvalue weighted by molar-refractivity contribution is 6.14. The highest BCUT2D eigenvalue weighted by atomic mass is 16.5. The summed E-state index contributed by atoms with van der Waals surface area (Å²) in [7, 11) is 0. The molecule has 0 amide bonds. The van der Waals surface area contributed by atoms with Crippen molar-refractivity contribution in [2.75, 3.05) is 6.61 Å². The Kier molecular flexibility index (Phi) is 4.66. The van der Waals surface area contributed by atoms with Gasteiger partial charge < -0.3 is 4.74 Å². The molecule has 2 rings (SSSR count). The summed E-state index contributed by atoms with van der Waals surface area (Å²) in [6.45, 7) is 2.28. The summed E-state index contributed by atoms with van der Waals surface area (Å²) in [5, 5.41) is 0. The minimum absolute atomic E-state index is 0.172. The molecule has 0 N–H and O–H groups in total. The molecule has 0 saturated heterocycles. The molecular weight excluding hydrogens is 252 g/mol. The van der Waals surface area contributed by atoms with Crippen LogP contribution in [-0.4, -0.2) is 18.4 Å². The van der Waals surface area contributed by atoms with Crippen molar-refractivity contribution in [2.45, 2.75) is 13.3 Å². The molecule has 20 heavy (non-hydrogen) atoms. The van der Waals surface area contributed by atoms with E-state index >= 15 is 0 Å². The number of ether oxygens (including phenoxy) is 1. The summed E-state index contributed by atoms with van der Waals surface area (Å²) >= 11 is 0. The van der Waals surface area contributed by atoms with Crippen molar-refractivity contribution in [3.8, 4) is 0 Å². The fourth-order valence-electron chi connectivity index (χ4n) is 1.88. The predicted octanol–water partition coefficient (Wildman–Crippen LogP) is 3.48. The van der Waals surface area contributed by atoms with E-state index in [1.165, 1.54) is 0 Å². The summed E-state index contributed by atoms with van der Waals surface area (Å²) in [6, 6.07) is 15.6. The van der Waals surface area contributed by atoms with Crippen LogP contribution < -0.4 is 0 Å². The zero-order valence-corrected chi connectivity index (χ0v) is 11.3. The number of ketones is 1. The van der Waals surface area contributed by atoms with Gasteiger partial charge in [-0.1, -0.05) is 55.5 Å². The van der Waals surface area contributed by atoms with E-state index in [-0.39, 0.29) is 5.78 Å². The molecule has 0 saturated carbocycles. The van der Waals surface area contributed by atoms with Crippen LogP contribution in [0.25, 0.3) is 0 Å². The van der Waals surface area contributed by atoms with Gasteiger partial charge in [-0.2, -0.15) is 0 Å². The van der Waals surface area contributed by atoms with Crippen molar-refractivity contribution in [3.05, 3.63) is 71.3 Å². The summed E-state index contributed by atoms with van der Waals surface area (Å²) in [5.74, 6) is -0.624. The first kappa shape index (κ1) is 14.0. The lowest BCUT2D eigenvalue weighted by Gasteiger charge is -2.08. The van der Waals surface area contributed by atoms with Gasteiger partial charge in [-0.25, -0.2) is 4.79 Å². The molecule has 0 unspecified atom stereocenters. The molecule has 0 bridgehead atoms. The summed E-state index contributed by atoms with van der Waals surface area (Å²) < 4.78 is 5.11. The zero-order chi connectivity index (χ0) is 14.4. The first-order valence-corrected chi connectivity index (χ1v) is 6.60. The SMILES string of the molecule is CCCOC(=O)c1ccccc1C(=O)c1ccccc1. The Labute approximate surface area is 118 Å². The molecule has 0 aliphatic carbocycles. The van der Waals surface area contributed by atoms with Crippen LogP contribution >= 0.6 is 0 Å². The van der Waals surface area contributed by atoms with Gasteiger partial charge in [0.15, 0.2) is 5.78 Å². The van der Waals surface area contributed by atoms with Crippen LogP contribution in [0.15, 0.2) is 54.6 Å². The van der Waals surface area contributed by atoms with Gasteiger partial charge in [0, 0.05) is 11.1 Å². The number of hydrogen-bond donors (Lipinski definition) is 0. The second-order valence-corrected chi connectivity index (χ2v) is 4.38. The Hall–Kier alpha value is -2.42. The standard InChI is InChI=1S/C17H16O3/c1-2-12-20-17(19)15-11-7-6-10-14(15)16(18)13-8-4-3-5-9-13/h3-11H,2,12H2,1H3. The van der Waals surface area contributed by atoms with Crippen molar-refractivity contribution in [2.24, 2.45) is 0 Å². The Morgan fingerprint density at radius 2 is 1.50 bits per heavy atom. The Bertz CT molecular complexity index is 603. The summed E-state index contributed by atoms with van der Waals surface area (Å²) in [5.41, 5.74) is 1.25. The van der Waals surface area contributed by atoms with Gasteiger partial charge in [0.25, 0.3) is 0 Å². The van der Waals surface area contributed by atoms with E-state index in [2.05, 4.69) is 0 Å². The molecular formula is C17H16O3. The lowest BCUT2D eigenvalue weighted by molar-refractivity contribution is 0.0502. The second-order valence-electron chi connectivity index (χ2n) is 4.38. The highest BCUT2D eigenvalue weighted by Gasteiger charge is 2.18. The third-order valence-corrected chi connectivity index (χ3v) is 2.86. The van der Waals surface area contributed by atoms with Gasteiger partial charge in [-0.3, -0.25) is 4.79 Å². The van der Waals surface area contributed by atoms with Crippen LogP contribution in [0.5, 0.6) is 0 Å². The van der Waals surface area contributed by atoms with Crippen LogP contribution in [0, 0.1) is 0 Å². The normalized spacial score (nSPS) is 10.1. The first-order chi connectivity index (χ1) is 9.74. The van der Waals surface area contributed by atoms with Crippen LogP contribution in [0.2, 0.25) is 0 Å². The first-order valence-electron chi connectivity index (χ1n) is 6.60. The second kappa shape index (κ2) is 6.66. The Morgan fingerprint density at radius 3 is 2.15 bits per heavy atom. The molecule has 2 aromatic rings. The van der Waals surface area contributed by atoms with Crippen LogP contribution in [0.1, 0.15) is 39.6 Å². The lowest BCUT2D eigenvalue weighted by atomic mass is 9.98. The molecule has 0 heterocycles. The molecule has 3 heteroatoms. The van der Waals surface area contributed by atoms with Gasteiger partial charge in [-0.15, -0.1) is 0 Å². The minimum atomic E-state index is -0.452. The monoisotopic (exact) mass is 268 g/mol. The maximum atomic E-state index is 12.4. The van der Waals surface area contributed by atoms with Gasteiger partial charge in [-0.05, 0) is 12.5 Å². The molecule has 0 aliphatic heterocycles. The number of rotatable bonds is 5. The van der Waals surface area contributed by atoms with E-state index in [9.17, 15) is 9.59 Å². The zero-order valence-electron chi connectivity index (χ0n) is 11.3. The third-order valence-electron chi connectivity index (χ3n) is 2.86. The van der Waals surface area contributed by atoms with Crippen LogP contribution in [-0.2, 0) is 4.74 Å². The average molecular weight is 268 g/mol. The number of hydrogen-bond acceptors (Lipinski definition) is 3. The molecule has 0 fully saturated rings. The van der Waals surface area contributed by atoms with E-state index < -0.39 is 5.97 Å². The number of benzene rings is 2. The average Bonchev–Trinajstić information content (AvgIpc) is 2.52. The van der Waals surface area contributed by atoms with Crippen LogP contribution in [0.3, 0.4) is 0 Å². The summed E-state index contributed by atoms with van der Waals surface area (Å²) in [4.78, 5) is 24.4. The quantitative estimate of drug-likeness (QED) is 0.616. The topological polar surface area (TPSA) is 43.4 Å². The van der Waals surface area contributed by atoms with E-state index in [1.807, 2.05) is 13.0 Å². The van der Waals surface area contributed by atoms with Gasteiger partial charge >= 0.3 is 5.97 Å². The van der Waals surface area contributed by atoms with Crippen molar-refractivity contribution in [1.82, 2.24) is 0 Å². The minimum Gasteiger partial charge on any atom is -0.462 e. The fraction of sp³-hybridized carbons (Fsp3) is 0.176. The molecule has 3 nitrogen and oxygen atoms in total. The fourth-order valence-corrected chi connectivity index (χ4v) is 1.88. The van der Waals surface area contributed by atoms with Gasteiger partial charge in [0.1, 0.15) is 0 Å². The summed E-state index contributed by atoms with van der Waals surface area (Å²) in [6.07, 6.45) is 0.751. The van der Waals surface area contributed by atoms with E-state index in [1.54, 1.807) is 48.5 Å². The van der Waals surface area contributed by atoms with Crippen molar-refractivity contribution >= 4 is 11.8 Å². The number of carbonyl (C=O) groups excluding carboxylic acids is 2. The van der Waals surface area contributed by atoms with Crippen molar-refractivity contribution < 1.29 is 14.3 Å². The predicted molar refractivity (Wildman–Crippen MR) is 76.9 cm³/mol. The molecule has 2 aromatic carbocycles. The highest BCUT2D eigenvalue weighted by Crippen LogP contribution is 2.15. The third kappa shape index (κ3) is 3.12. The van der Waals surface area contributed by atoms with Gasteiger partial charge in [0.2, 0.25) is 0 Å². The largest absolute Gasteiger partial charge is 0.462 e.